The number of aliphatic imine (C=N–C) groups is 1. The minimum Gasteiger partial charge on any atom is -0.305 e. The number of hydrogen-bond donors (Lipinski definition) is 1. The molecule has 1 aliphatic rings. The number of allylic oxidation sites excluding steroid dienone is 2. The lowest BCUT2D eigenvalue weighted by atomic mass is 10.0. The van der Waals surface area contributed by atoms with E-state index >= 15 is 0 Å². The van der Waals surface area contributed by atoms with E-state index in [1.54, 1.807) is 7.05 Å². The second-order valence-electron chi connectivity index (χ2n) is 2.07. The van der Waals surface area contributed by atoms with Crippen LogP contribution in [0.3, 0.4) is 0 Å². The van der Waals surface area contributed by atoms with Crippen molar-refractivity contribution in [2.24, 2.45) is 4.99 Å². The summed E-state index contributed by atoms with van der Waals surface area (Å²) >= 11 is 0. The Kier molecular flexibility index (Phi) is 1.78. The maximum Gasteiger partial charge on any atom is 0.0349 e. The summed E-state index contributed by atoms with van der Waals surface area (Å²) in [6.07, 6.45) is 5.51. The molecule has 0 aromatic heterocycles. The summed E-state index contributed by atoms with van der Waals surface area (Å²) in [5, 5.41) is 7.21. The summed E-state index contributed by atoms with van der Waals surface area (Å²) in [7, 11) is 1.79. The zero-order chi connectivity index (χ0) is 6.69. The van der Waals surface area contributed by atoms with Crippen LogP contribution in [0.5, 0.6) is 0 Å². The van der Waals surface area contributed by atoms with Gasteiger partial charge in [-0.15, -0.1) is 0 Å². The van der Waals surface area contributed by atoms with Crippen molar-refractivity contribution < 1.29 is 0 Å². The predicted octanol–water partition coefficient (Wildman–Crippen LogP) is 1.43. The van der Waals surface area contributed by atoms with Crippen molar-refractivity contribution >= 4 is 11.4 Å². The lowest BCUT2D eigenvalue weighted by Gasteiger charge is -2.04. The summed E-state index contributed by atoms with van der Waals surface area (Å²) in [6, 6.07) is 0. The monoisotopic (exact) mass is 122 g/mol. The number of nitrogens with zero attached hydrogens (tertiary/aromatic N) is 1. The van der Waals surface area contributed by atoms with Gasteiger partial charge in [-0.05, 0) is 25.0 Å². The van der Waals surface area contributed by atoms with Crippen LogP contribution in [0.25, 0.3) is 0 Å². The molecule has 0 aromatic rings. The molecular weight excluding hydrogens is 112 g/mol. The molecule has 0 atom stereocenters. The Morgan fingerprint density at radius 3 is 2.67 bits per heavy atom. The lowest BCUT2D eigenvalue weighted by molar-refractivity contribution is 1.11. The van der Waals surface area contributed by atoms with E-state index in [-0.39, 0.29) is 0 Å². The molecule has 1 aliphatic carbocycles. The Morgan fingerprint density at radius 2 is 2.22 bits per heavy atom. The van der Waals surface area contributed by atoms with Crippen LogP contribution < -0.4 is 0 Å². The van der Waals surface area contributed by atoms with Crippen LogP contribution in [-0.4, -0.2) is 18.5 Å². The first-order chi connectivity index (χ1) is 4.33. The van der Waals surface area contributed by atoms with Gasteiger partial charge in [-0.3, -0.25) is 4.99 Å². The van der Waals surface area contributed by atoms with Gasteiger partial charge in [-0.25, -0.2) is 0 Å². The van der Waals surface area contributed by atoms with Gasteiger partial charge in [0.05, 0.1) is 0 Å². The molecule has 2 nitrogen and oxygen atoms in total. The quantitative estimate of drug-likeness (QED) is 0.504. The molecule has 0 saturated carbocycles. The molecule has 0 aromatic carbocycles. The van der Waals surface area contributed by atoms with E-state index in [9.17, 15) is 0 Å². The Balaban J connectivity index is 2.69. The van der Waals surface area contributed by atoms with Crippen LogP contribution in [-0.2, 0) is 0 Å². The van der Waals surface area contributed by atoms with E-state index in [2.05, 4.69) is 4.99 Å². The molecule has 9 heavy (non-hydrogen) atoms. The molecule has 0 fully saturated rings. The minimum atomic E-state index is 0.711. The Hall–Kier alpha value is -0.920. The van der Waals surface area contributed by atoms with E-state index in [1.807, 2.05) is 12.2 Å². The predicted molar refractivity (Wildman–Crippen MR) is 39.5 cm³/mol. The second kappa shape index (κ2) is 2.58. The average molecular weight is 122 g/mol. The summed E-state index contributed by atoms with van der Waals surface area (Å²) in [5.74, 6) is 0. The molecule has 0 bridgehead atoms. The van der Waals surface area contributed by atoms with Gasteiger partial charge in [0.1, 0.15) is 0 Å². The number of rotatable bonds is 0. The Labute approximate surface area is 54.8 Å². The van der Waals surface area contributed by atoms with Crippen molar-refractivity contribution in [3.63, 3.8) is 0 Å². The van der Waals surface area contributed by atoms with Crippen LogP contribution in [0.4, 0.5) is 0 Å². The normalized spacial score (nSPS) is 23.2. The van der Waals surface area contributed by atoms with Crippen molar-refractivity contribution in [2.75, 3.05) is 7.05 Å². The summed E-state index contributed by atoms with van der Waals surface area (Å²) in [6.45, 7) is 0. The molecule has 48 valence electrons. The van der Waals surface area contributed by atoms with Crippen LogP contribution in [0.15, 0.2) is 17.1 Å². The van der Waals surface area contributed by atoms with E-state index in [4.69, 9.17) is 5.41 Å². The maximum atomic E-state index is 7.21. The van der Waals surface area contributed by atoms with Crippen LogP contribution in [0, 0.1) is 5.41 Å². The first-order valence-corrected chi connectivity index (χ1v) is 3.04. The van der Waals surface area contributed by atoms with Crippen molar-refractivity contribution in [3.8, 4) is 0 Å². The van der Waals surface area contributed by atoms with E-state index < -0.39 is 0 Å². The van der Waals surface area contributed by atoms with E-state index in [1.165, 1.54) is 0 Å². The van der Waals surface area contributed by atoms with Crippen molar-refractivity contribution in [3.05, 3.63) is 12.2 Å². The molecule has 0 heterocycles. The molecule has 0 amide bonds. The van der Waals surface area contributed by atoms with Gasteiger partial charge in [0, 0.05) is 18.5 Å². The van der Waals surface area contributed by atoms with E-state index in [0.29, 0.717) is 5.71 Å². The first-order valence-electron chi connectivity index (χ1n) is 3.04. The maximum absolute atomic E-state index is 7.21. The van der Waals surface area contributed by atoms with Crippen molar-refractivity contribution in [1.82, 2.24) is 0 Å². The highest BCUT2D eigenvalue weighted by atomic mass is 14.7. The van der Waals surface area contributed by atoms with Gasteiger partial charge in [0.15, 0.2) is 0 Å². The fourth-order valence-corrected chi connectivity index (χ4v) is 0.813. The topological polar surface area (TPSA) is 36.2 Å². The number of nitrogens with one attached hydrogen (secondary N) is 1. The average Bonchev–Trinajstić information content (AvgIpc) is 1.90. The van der Waals surface area contributed by atoms with Crippen LogP contribution in [0.1, 0.15) is 12.8 Å². The van der Waals surface area contributed by atoms with Gasteiger partial charge in [-0.2, -0.15) is 0 Å². The van der Waals surface area contributed by atoms with Crippen LogP contribution in [0.2, 0.25) is 0 Å². The molecule has 0 spiro atoms. The molecule has 1 rings (SSSR count). The van der Waals surface area contributed by atoms with Gasteiger partial charge in [0.2, 0.25) is 0 Å². The van der Waals surface area contributed by atoms with E-state index in [0.717, 1.165) is 18.6 Å². The molecule has 0 saturated heterocycles. The van der Waals surface area contributed by atoms with Gasteiger partial charge in [0.25, 0.3) is 0 Å². The third-order valence-corrected chi connectivity index (χ3v) is 1.41. The zero-order valence-corrected chi connectivity index (χ0v) is 5.52. The van der Waals surface area contributed by atoms with Crippen molar-refractivity contribution in [2.45, 2.75) is 12.8 Å². The van der Waals surface area contributed by atoms with Crippen LogP contribution >= 0.6 is 0 Å². The molecule has 0 unspecified atom stereocenters. The summed E-state index contributed by atoms with van der Waals surface area (Å²) in [5.41, 5.74) is 1.81. The summed E-state index contributed by atoms with van der Waals surface area (Å²) < 4.78 is 0. The molecular formula is C7H10N2. The number of hydrogen-bond acceptors (Lipinski definition) is 2. The molecule has 2 heteroatoms. The molecule has 1 N–H and O–H groups in total. The first kappa shape index (κ1) is 6.20. The third-order valence-electron chi connectivity index (χ3n) is 1.41. The highest BCUT2D eigenvalue weighted by molar-refractivity contribution is 6.07. The zero-order valence-electron chi connectivity index (χ0n) is 5.52. The largest absolute Gasteiger partial charge is 0.305 e. The Morgan fingerprint density at radius 1 is 1.44 bits per heavy atom. The molecule has 0 aliphatic heterocycles. The Bertz CT molecular complexity index is 177. The fraction of sp³-hybridized carbons (Fsp3) is 0.429. The highest BCUT2D eigenvalue weighted by Crippen LogP contribution is 2.03. The van der Waals surface area contributed by atoms with Gasteiger partial charge in [-0.1, -0.05) is 0 Å². The fourth-order valence-electron chi connectivity index (χ4n) is 0.813. The lowest BCUT2D eigenvalue weighted by Crippen LogP contribution is -2.05. The standard InChI is InChI=1S/C7H10N2/c1-9-7-4-2-6(8)3-5-7/h2,4,8H,3,5H2,1H3. The highest BCUT2D eigenvalue weighted by Gasteiger charge is 2.01. The summed E-state index contributed by atoms with van der Waals surface area (Å²) in [4.78, 5) is 4.02. The SMILES string of the molecule is CN=C1C=CC(=N)CC1. The van der Waals surface area contributed by atoms with Gasteiger partial charge < -0.3 is 5.41 Å². The van der Waals surface area contributed by atoms with Crippen molar-refractivity contribution in [1.29, 1.82) is 5.41 Å². The third kappa shape index (κ3) is 1.49. The minimum absolute atomic E-state index is 0.711. The van der Waals surface area contributed by atoms with Gasteiger partial charge >= 0.3 is 0 Å². The smallest absolute Gasteiger partial charge is 0.0349 e. The second-order valence-corrected chi connectivity index (χ2v) is 2.07. The molecule has 0 radical (unpaired) electrons.